The summed E-state index contributed by atoms with van der Waals surface area (Å²) in [4.78, 5) is 10.9. The fraction of sp³-hybridized carbons (Fsp3) is 0.474. The molecule has 1 N–H and O–H groups in total. The van der Waals surface area contributed by atoms with Crippen LogP contribution in [0.4, 0.5) is 5.82 Å². The van der Waals surface area contributed by atoms with Crippen LogP contribution in [0.5, 0.6) is 17.4 Å². The SMILES string of the molecule is COc1ccc(S(=O)(=O)NCCOc2cc(N3CCOCC3)nc(C)n2)cc1OC. The van der Waals surface area contributed by atoms with E-state index in [9.17, 15) is 8.42 Å². The van der Waals surface area contributed by atoms with Gasteiger partial charge in [0, 0.05) is 31.8 Å². The molecule has 0 spiro atoms. The molecule has 0 amide bonds. The van der Waals surface area contributed by atoms with Crippen LogP contribution in [0.15, 0.2) is 29.2 Å². The number of rotatable bonds is 9. The van der Waals surface area contributed by atoms with Crippen molar-refractivity contribution in [3.63, 3.8) is 0 Å². The fourth-order valence-electron chi connectivity index (χ4n) is 2.95. The van der Waals surface area contributed by atoms with Crippen molar-refractivity contribution in [1.29, 1.82) is 0 Å². The lowest BCUT2D eigenvalue weighted by atomic mass is 10.3. The molecule has 0 aliphatic carbocycles. The molecule has 1 aromatic carbocycles. The lowest BCUT2D eigenvalue weighted by Crippen LogP contribution is -2.37. The van der Waals surface area contributed by atoms with E-state index in [1.54, 1.807) is 19.1 Å². The number of sulfonamides is 1. The zero-order valence-electron chi connectivity index (χ0n) is 17.3. The Morgan fingerprint density at radius 1 is 1.10 bits per heavy atom. The van der Waals surface area contributed by atoms with E-state index in [-0.39, 0.29) is 18.0 Å². The van der Waals surface area contributed by atoms with Gasteiger partial charge in [-0.2, -0.15) is 4.98 Å². The van der Waals surface area contributed by atoms with Crippen molar-refractivity contribution in [3.8, 4) is 17.4 Å². The van der Waals surface area contributed by atoms with Gasteiger partial charge in [0.15, 0.2) is 11.5 Å². The monoisotopic (exact) mass is 438 g/mol. The van der Waals surface area contributed by atoms with E-state index in [1.807, 2.05) is 0 Å². The first-order valence-electron chi connectivity index (χ1n) is 9.46. The first kappa shape index (κ1) is 22.1. The van der Waals surface area contributed by atoms with Gasteiger partial charge >= 0.3 is 0 Å². The molecule has 1 aliphatic rings. The summed E-state index contributed by atoms with van der Waals surface area (Å²) in [6, 6.07) is 6.15. The predicted molar refractivity (Wildman–Crippen MR) is 110 cm³/mol. The molecule has 1 aromatic heterocycles. The maximum atomic E-state index is 12.5. The lowest BCUT2D eigenvalue weighted by molar-refractivity contribution is 0.122. The van der Waals surface area contributed by atoms with Gasteiger partial charge < -0.3 is 23.8 Å². The number of benzene rings is 1. The molecule has 0 radical (unpaired) electrons. The number of hydrogen-bond acceptors (Lipinski definition) is 9. The van der Waals surface area contributed by atoms with Gasteiger partial charge in [-0.3, -0.25) is 0 Å². The van der Waals surface area contributed by atoms with Crippen LogP contribution in [0, 0.1) is 6.92 Å². The molecule has 1 aliphatic heterocycles. The molecule has 3 rings (SSSR count). The molecule has 2 heterocycles. The van der Waals surface area contributed by atoms with Crippen LogP contribution < -0.4 is 23.8 Å². The zero-order valence-corrected chi connectivity index (χ0v) is 18.1. The van der Waals surface area contributed by atoms with E-state index < -0.39 is 10.0 Å². The molecule has 1 saturated heterocycles. The third kappa shape index (κ3) is 5.49. The van der Waals surface area contributed by atoms with Crippen LogP contribution in [-0.4, -0.2) is 72.1 Å². The van der Waals surface area contributed by atoms with Gasteiger partial charge in [-0.15, -0.1) is 0 Å². The van der Waals surface area contributed by atoms with Gasteiger partial charge in [0.1, 0.15) is 18.2 Å². The first-order valence-corrected chi connectivity index (χ1v) is 10.9. The molecule has 0 unspecified atom stereocenters. The highest BCUT2D eigenvalue weighted by Gasteiger charge is 2.17. The summed E-state index contributed by atoms with van der Waals surface area (Å²) in [7, 11) is -0.790. The van der Waals surface area contributed by atoms with Crippen LogP contribution in [0.1, 0.15) is 5.82 Å². The van der Waals surface area contributed by atoms with E-state index in [0.717, 1.165) is 18.9 Å². The van der Waals surface area contributed by atoms with Gasteiger partial charge in [-0.05, 0) is 19.1 Å². The number of nitrogens with zero attached hydrogens (tertiary/aromatic N) is 3. The Morgan fingerprint density at radius 2 is 1.83 bits per heavy atom. The van der Waals surface area contributed by atoms with Crippen molar-refractivity contribution >= 4 is 15.8 Å². The Balaban J connectivity index is 1.58. The first-order chi connectivity index (χ1) is 14.4. The van der Waals surface area contributed by atoms with E-state index >= 15 is 0 Å². The zero-order chi connectivity index (χ0) is 21.6. The molecule has 1 fully saturated rings. The number of ether oxygens (including phenoxy) is 4. The number of hydrogen-bond donors (Lipinski definition) is 1. The Bertz CT molecular complexity index is 963. The summed E-state index contributed by atoms with van der Waals surface area (Å²) in [5.41, 5.74) is 0. The third-order valence-corrected chi connectivity index (χ3v) is 5.90. The van der Waals surface area contributed by atoms with E-state index in [1.165, 1.54) is 26.4 Å². The van der Waals surface area contributed by atoms with E-state index in [4.69, 9.17) is 18.9 Å². The molecule has 10 nitrogen and oxygen atoms in total. The normalized spacial score (nSPS) is 14.4. The molecule has 0 atom stereocenters. The minimum Gasteiger partial charge on any atom is -0.493 e. The highest BCUT2D eigenvalue weighted by atomic mass is 32.2. The summed E-state index contributed by atoms with van der Waals surface area (Å²) in [5, 5.41) is 0. The van der Waals surface area contributed by atoms with Gasteiger partial charge in [-0.25, -0.2) is 18.1 Å². The van der Waals surface area contributed by atoms with Crippen molar-refractivity contribution in [1.82, 2.24) is 14.7 Å². The lowest BCUT2D eigenvalue weighted by Gasteiger charge is -2.28. The van der Waals surface area contributed by atoms with Crippen molar-refractivity contribution in [2.45, 2.75) is 11.8 Å². The molecule has 30 heavy (non-hydrogen) atoms. The van der Waals surface area contributed by atoms with Crippen molar-refractivity contribution in [2.75, 3.05) is 58.6 Å². The van der Waals surface area contributed by atoms with Crippen LogP contribution in [0.3, 0.4) is 0 Å². The number of nitrogens with one attached hydrogen (secondary N) is 1. The highest BCUT2D eigenvalue weighted by molar-refractivity contribution is 7.89. The van der Waals surface area contributed by atoms with Crippen LogP contribution >= 0.6 is 0 Å². The van der Waals surface area contributed by atoms with Crippen LogP contribution in [0.2, 0.25) is 0 Å². The Kier molecular flexibility index (Phi) is 7.29. The van der Waals surface area contributed by atoms with E-state index in [0.29, 0.717) is 36.4 Å². The van der Waals surface area contributed by atoms with Crippen LogP contribution in [-0.2, 0) is 14.8 Å². The molecule has 0 saturated carbocycles. The van der Waals surface area contributed by atoms with Gasteiger partial charge in [0.2, 0.25) is 15.9 Å². The standard InChI is InChI=1S/C19H26N4O6S/c1-14-21-18(23-7-10-28-11-8-23)13-19(22-14)29-9-6-20-30(24,25)15-4-5-16(26-2)17(12-15)27-3/h4-5,12-13,20H,6-11H2,1-3H3. The highest BCUT2D eigenvalue weighted by Crippen LogP contribution is 2.29. The molecule has 11 heteroatoms. The Labute approximate surface area is 176 Å². The van der Waals surface area contributed by atoms with Crippen molar-refractivity contribution < 1.29 is 27.4 Å². The molecule has 2 aromatic rings. The number of morpholine rings is 1. The summed E-state index contributed by atoms with van der Waals surface area (Å²) in [6.45, 7) is 4.78. The van der Waals surface area contributed by atoms with Crippen molar-refractivity contribution in [3.05, 3.63) is 30.1 Å². The summed E-state index contributed by atoms with van der Waals surface area (Å²) in [6.07, 6.45) is 0. The molecular formula is C19H26N4O6S. The average molecular weight is 439 g/mol. The topological polar surface area (TPSA) is 112 Å². The summed E-state index contributed by atoms with van der Waals surface area (Å²) < 4.78 is 48.8. The molecule has 164 valence electrons. The van der Waals surface area contributed by atoms with Crippen LogP contribution in [0.25, 0.3) is 0 Å². The van der Waals surface area contributed by atoms with Gasteiger partial charge in [0.25, 0.3) is 0 Å². The molecular weight excluding hydrogens is 412 g/mol. The third-order valence-electron chi connectivity index (χ3n) is 4.45. The second-order valence-corrected chi connectivity index (χ2v) is 8.24. The Morgan fingerprint density at radius 3 is 2.53 bits per heavy atom. The largest absolute Gasteiger partial charge is 0.493 e. The van der Waals surface area contributed by atoms with Gasteiger partial charge in [0.05, 0.1) is 32.3 Å². The minimum absolute atomic E-state index is 0.0760. The number of methoxy groups -OCH3 is 2. The average Bonchev–Trinajstić information content (AvgIpc) is 2.76. The second-order valence-electron chi connectivity index (χ2n) is 6.47. The van der Waals surface area contributed by atoms with Crippen molar-refractivity contribution in [2.24, 2.45) is 0 Å². The predicted octanol–water partition coefficient (Wildman–Crippen LogP) is 0.996. The number of anilines is 1. The minimum atomic E-state index is -3.73. The summed E-state index contributed by atoms with van der Waals surface area (Å²) >= 11 is 0. The fourth-order valence-corrected chi connectivity index (χ4v) is 3.98. The quantitative estimate of drug-likeness (QED) is 0.573. The summed E-state index contributed by atoms with van der Waals surface area (Å²) in [5.74, 6) is 2.54. The maximum absolute atomic E-state index is 12.5. The smallest absolute Gasteiger partial charge is 0.240 e. The van der Waals surface area contributed by atoms with Gasteiger partial charge in [-0.1, -0.05) is 0 Å². The Hall–Kier alpha value is -2.63. The molecule has 0 bridgehead atoms. The number of aromatic nitrogens is 2. The number of aryl methyl sites for hydroxylation is 1. The van der Waals surface area contributed by atoms with E-state index in [2.05, 4.69) is 19.6 Å². The maximum Gasteiger partial charge on any atom is 0.240 e. The second kappa shape index (κ2) is 9.92.